The van der Waals surface area contributed by atoms with Crippen LogP contribution in [-0.4, -0.2) is 52.0 Å². The smallest absolute Gasteiger partial charge is 0.333 e. The lowest BCUT2D eigenvalue weighted by molar-refractivity contribution is -0.145. The number of ether oxygens (including phenoxy) is 2. The molecule has 108 valence electrons. The molecule has 0 bridgehead atoms. The summed E-state index contributed by atoms with van der Waals surface area (Å²) in [4.78, 5) is 25.1. The molecule has 1 atom stereocenters. The van der Waals surface area contributed by atoms with Gasteiger partial charge in [-0.25, -0.2) is 4.79 Å². The van der Waals surface area contributed by atoms with Crippen molar-refractivity contribution in [1.29, 1.82) is 0 Å². The van der Waals surface area contributed by atoms with Crippen molar-refractivity contribution in [3.63, 3.8) is 0 Å². The van der Waals surface area contributed by atoms with Gasteiger partial charge < -0.3 is 14.3 Å². The number of rotatable bonds is 9. The van der Waals surface area contributed by atoms with Gasteiger partial charge in [0.05, 0.1) is 20.1 Å². The second-order valence-corrected chi connectivity index (χ2v) is 4.64. The van der Waals surface area contributed by atoms with Crippen molar-refractivity contribution in [2.45, 2.75) is 26.2 Å². The fourth-order valence-electron chi connectivity index (χ4n) is 1.81. The van der Waals surface area contributed by atoms with E-state index in [2.05, 4.69) is 23.1 Å². The topological polar surface area (TPSA) is 55.8 Å². The van der Waals surface area contributed by atoms with Gasteiger partial charge >= 0.3 is 11.9 Å². The van der Waals surface area contributed by atoms with Gasteiger partial charge in [0.25, 0.3) is 0 Å². The lowest BCUT2D eigenvalue weighted by atomic mass is 9.98. The predicted octanol–water partition coefficient (Wildman–Crippen LogP) is 0.545. The van der Waals surface area contributed by atoms with Gasteiger partial charge in [-0.05, 0) is 19.4 Å². The molecule has 0 spiro atoms. The summed E-state index contributed by atoms with van der Waals surface area (Å²) in [6.45, 7) is 7.22. The van der Waals surface area contributed by atoms with Gasteiger partial charge in [-0.2, -0.15) is 0 Å². The minimum absolute atomic E-state index is 0.260. The summed E-state index contributed by atoms with van der Waals surface area (Å²) in [5, 5.41) is 0. The molecule has 0 saturated carbocycles. The third kappa shape index (κ3) is 7.01. The maximum atomic E-state index is 11.7. The number of nitrogens with zero attached hydrogens (tertiary/aromatic N) is 1. The molecule has 0 aromatic carbocycles. The largest absolute Gasteiger partial charge is 0.469 e. The molecular formula is C13H24BNO4. The van der Waals surface area contributed by atoms with E-state index in [1.165, 1.54) is 14.2 Å². The molecular weight excluding hydrogens is 245 g/mol. The van der Waals surface area contributed by atoms with E-state index in [0.717, 1.165) is 19.4 Å². The molecule has 0 aliphatic carbocycles. The van der Waals surface area contributed by atoms with E-state index < -0.39 is 11.9 Å². The Labute approximate surface area is 116 Å². The first-order valence-corrected chi connectivity index (χ1v) is 6.48. The molecule has 5 nitrogen and oxygen atoms in total. The molecule has 6 heteroatoms. The first kappa shape index (κ1) is 17.7. The van der Waals surface area contributed by atoms with Crippen LogP contribution in [0.4, 0.5) is 0 Å². The van der Waals surface area contributed by atoms with Crippen molar-refractivity contribution < 1.29 is 19.1 Å². The number of carbonyl (C=O) groups excluding carboxylic acids is 2. The van der Waals surface area contributed by atoms with Crippen molar-refractivity contribution in [3.05, 3.63) is 12.2 Å². The normalized spacial score (nSPS) is 12.0. The highest BCUT2D eigenvalue weighted by atomic mass is 16.5. The van der Waals surface area contributed by atoms with Crippen molar-refractivity contribution in [1.82, 2.24) is 4.81 Å². The van der Waals surface area contributed by atoms with E-state index in [0.29, 0.717) is 12.1 Å². The van der Waals surface area contributed by atoms with Crippen LogP contribution >= 0.6 is 0 Å². The summed E-state index contributed by atoms with van der Waals surface area (Å²) in [6, 6.07) is 0. The third-order valence-corrected chi connectivity index (χ3v) is 2.93. The minimum atomic E-state index is -0.481. The van der Waals surface area contributed by atoms with Crippen molar-refractivity contribution in [2.75, 3.05) is 27.3 Å². The summed E-state index contributed by atoms with van der Waals surface area (Å²) >= 11 is 0. The van der Waals surface area contributed by atoms with E-state index in [-0.39, 0.29) is 12.4 Å². The fourth-order valence-corrected chi connectivity index (χ4v) is 1.81. The van der Waals surface area contributed by atoms with Crippen molar-refractivity contribution >= 4 is 19.9 Å². The monoisotopic (exact) mass is 269 g/mol. The molecule has 0 aliphatic heterocycles. The van der Waals surface area contributed by atoms with Crippen LogP contribution in [0.1, 0.15) is 26.2 Å². The average molecular weight is 269 g/mol. The highest BCUT2D eigenvalue weighted by Crippen LogP contribution is 2.15. The molecule has 1 unspecified atom stereocenters. The molecule has 0 radical (unpaired) electrons. The average Bonchev–Trinajstić information content (AvgIpc) is 2.42. The van der Waals surface area contributed by atoms with E-state index >= 15 is 0 Å². The van der Waals surface area contributed by atoms with Crippen molar-refractivity contribution in [2.24, 2.45) is 5.92 Å². The Morgan fingerprint density at radius 1 is 1.32 bits per heavy atom. The Hall–Kier alpha value is -1.30. The molecule has 0 fully saturated rings. The van der Waals surface area contributed by atoms with Crippen LogP contribution in [0.3, 0.4) is 0 Å². The first-order valence-electron chi connectivity index (χ1n) is 6.48. The SMILES string of the molecule is BN(CCCC)CC(CC(=C)C(=O)OC)C(=O)OC. The van der Waals surface area contributed by atoms with Crippen LogP contribution in [0, 0.1) is 5.92 Å². The van der Waals surface area contributed by atoms with Crippen LogP contribution in [-0.2, 0) is 19.1 Å². The number of unbranched alkanes of at least 4 members (excludes halogenated alkanes) is 1. The standard InChI is InChI=1S/C13H24BNO4/c1-5-6-7-15(14)9-11(13(17)19-4)8-10(2)12(16)18-3/h11H,2,5-9,14H2,1,3-4H3. The quantitative estimate of drug-likeness (QED) is 0.347. The molecule has 0 aliphatic rings. The molecule has 0 saturated heterocycles. The van der Waals surface area contributed by atoms with Crippen LogP contribution in [0.25, 0.3) is 0 Å². The van der Waals surface area contributed by atoms with Crippen molar-refractivity contribution in [3.8, 4) is 0 Å². The molecule has 0 aromatic rings. The molecule has 0 aromatic heterocycles. The molecule has 0 rings (SSSR count). The number of hydrogen-bond donors (Lipinski definition) is 0. The number of carbonyl (C=O) groups is 2. The Bertz CT molecular complexity index is 320. The Balaban J connectivity index is 4.51. The zero-order valence-corrected chi connectivity index (χ0v) is 12.4. The summed E-state index contributed by atoms with van der Waals surface area (Å²) in [5.74, 6) is -1.20. The summed E-state index contributed by atoms with van der Waals surface area (Å²) < 4.78 is 9.37. The van der Waals surface area contributed by atoms with E-state index in [4.69, 9.17) is 4.74 Å². The van der Waals surface area contributed by atoms with E-state index in [1.54, 1.807) is 0 Å². The Morgan fingerprint density at radius 3 is 2.42 bits per heavy atom. The molecule has 0 amide bonds. The fraction of sp³-hybridized carbons (Fsp3) is 0.692. The number of methoxy groups -OCH3 is 2. The molecule has 0 N–H and O–H groups in total. The van der Waals surface area contributed by atoms with Gasteiger partial charge in [-0.1, -0.05) is 19.9 Å². The second-order valence-electron chi connectivity index (χ2n) is 4.64. The first-order chi connectivity index (χ1) is 8.96. The summed E-state index contributed by atoms with van der Waals surface area (Å²) in [5.41, 5.74) is 0.293. The summed E-state index contributed by atoms with van der Waals surface area (Å²) in [7, 11) is 4.60. The molecule has 0 heterocycles. The van der Waals surface area contributed by atoms with Gasteiger partial charge in [0.15, 0.2) is 7.98 Å². The van der Waals surface area contributed by atoms with Gasteiger partial charge in [0.2, 0.25) is 0 Å². The Kier molecular flexibility index (Phi) is 8.96. The number of esters is 2. The zero-order chi connectivity index (χ0) is 14.8. The minimum Gasteiger partial charge on any atom is -0.469 e. The van der Waals surface area contributed by atoms with Crippen LogP contribution in [0.15, 0.2) is 12.2 Å². The highest BCUT2D eigenvalue weighted by Gasteiger charge is 2.24. The predicted molar refractivity (Wildman–Crippen MR) is 76.3 cm³/mol. The lowest BCUT2D eigenvalue weighted by Gasteiger charge is -2.22. The van der Waals surface area contributed by atoms with Gasteiger partial charge in [-0.3, -0.25) is 4.79 Å². The third-order valence-electron chi connectivity index (χ3n) is 2.93. The summed E-state index contributed by atoms with van der Waals surface area (Å²) in [6.07, 6.45) is 2.43. The lowest BCUT2D eigenvalue weighted by Crippen LogP contribution is -2.33. The van der Waals surface area contributed by atoms with Crippen LogP contribution in [0.5, 0.6) is 0 Å². The maximum absolute atomic E-state index is 11.7. The highest BCUT2D eigenvalue weighted by molar-refractivity contribution is 6.04. The maximum Gasteiger partial charge on any atom is 0.333 e. The van der Waals surface area contributed by atoms with Gasteiger partial charge in [0, 0.05) is 12.1 Å². The van der Waals surface area contributed by atoms with Gasteiger partial charge in [-0.15, -0.1) is 0 Å². The Morgan fingerprint density at radius 2 is 1.95 bits per heavy atom. The number of hydrogen-bond acceptors (Lipinski definition) is 5. The van der Waals surface area contributed by atoms with E-state index in [1.807, 2.05) is 7.98 Å². The van der Waals surface area contributed by atoms with E-state index in [9.17, 15) is 9.59 Å². The van der Waals surface area contributed by atoms with Crippen LogP contribution in [0.2, 0.25) is 0 Å². The molecule has 19 heavy (non-hydrogen) atoms. The van der Waals surface area contributed by atoms with Gasteiger partial charge in [0.1, 0.15) is 0 Å². The second kappa shape index (κ2) is 9.61. The van der Waals surface area contributed by atoms with Crippen LogP contribution < -0.4 is 0 Å². The zero-order valence-electron chi connectivity index (χ0n) is 12.4.